The van der Waals surface area contributed by atoms with Gasteiger partial charge >= 0.3 is 0 Å². The molecule has 1 aromatic carbocycles. The number of H-pyrrole nitrogens is 1. The molecule has 0 fully saturated rings. The van der Waals surface area contributed by atoms with Crippen molar-refractivity contribution >= 4 is 10.9 Å². The van der Waals surface area contributed by atoms with Gasteiger partial charge in [-0.1, -0.05) is 25.1 Å². The largest absolute Gasteiger partial charge is 0.396 e. The van der Waals surface area contributed by atoms with Crippen molar-refractivity contribution in [2.75, 3.05) is 20.2 Å². The maximum atomic E-state index is 9.29. The Hall–Kier alpha value is -1.32. The number of aryl methyl sites for hydroxylation is 1. The van der Waals surface area contributed by atoms with Crippen LogP contribution in [0.3, 0.4) is 0 Å². The minimum absolute atomic E-state index is 0.272. The van der Waals surface area contributed by atoms with Crippen LogP contribution in [0.4, 0.5) is 0 Å². The fraction of sp³-hybridized carbons (Fsp3) is 0.500. The van der Waals surface area contributed by atoms with Gasteiger partial charge in [0.15, 0.2) is 0 Å². The molecule has 0 radical (unpaired) electrons. The molecule has 1 aromatic heterocycles. The summed E-state index contributed by atoms with van der Waals surface area (Å²) in [6.07, 6.45) is 1.02. The molecule has 1 heterocycles. The van der Waals surface area contributed by atoms with Gasteiger partial charge in [0.25, 0.3) is 0 Å². The van der Waals surface area contributed by atoms with Crippen molar-refractivity contribution in [1.82, 2.24) is 9.88 Å². The standard InChI is InChI=1S/C16H24N2O/c1-4-13(11-19)9-18(3)10-15-12(2)17-16-8-6-5-7-14(15)16/h5-8,13,17,19H,4,9-11H2,1-3H3. The van der Waals surface area contributed by atoms with Crippen LogP contribution in [0, 0.1) is 12.8 Å². The number of aliphatic hydroxyl groups excluding tert-OH is 1. The zero-order valence-corrected chi connectivity index (χ0v) is 12.1. The van der Waals surface area contributed by atoms with Crippen molar-refractivity contribution in [2.45, 2.75) is 26.8 Å². The second-order valence-corrected chi connectivity index (χ2v) is 5.43. The average molecular weight is 260 g/mol. The average Bonchev–Trinajstić information content (AvgIpc) is 2.72. The van der Waals surface area contributed by atoms with E-state index in [4.69, 9.17) is 0 Å². The van der Waals surface area contributed by atoms with E-state index in [1.54, 1.807) is 0 Å². The summed E-state index contributed by atoms with van der Waals surface area (Å²) in [6, 6.07) is 8.44. The molecule has 2 rings (SSSR count). The maximum Gasteiger partial charge on any atom is 0.0471 e. The summed E-state index contributed by atoms with van der Waals surface area (Å²) < 4.78 is 0. The van der Waals surface area contributed by atoms with Crippen molar-refractivity contribution in [2.24, 2.45) is 5.92 Å². The number of fused-ring (bicyclic) bond motifs is 1. The molecule has 1 unspecified atom stereocenters. The van der Waals surface area contributed by atoms with E-state index in [0.29, 0.717) is 5.92 Å². The van der Waals surface area contributed by atoms with E-state index in [-0.39, 0.29) is 6.61 Å². The first-order valence-corrected chi connectivity index (χ1v) is 7.01. The zero-order chi connectivity index (χ0) is 13.8. The van der Waals surface area contributed by atoms with Crippen molar-refractivity contribution in [1.29, 1.82) is 0 Å². The van der Waals surface area contributed by atoms with Gasteiger partial charge in [-0.2, -0.15) is 0 Å². The van der Waals surface area contributed by atoms with Gasteiger partial charge in [-0.3, -0.25) is 0 Å². The SMILES string of the molecule is CCC(CO)CN(C)Cc1c(C)[nH]c2ccccc12. The molecule has 0 bridgehead atoms. The van der Waals surface area contributed by atoms with E-state index < -0.39 is 0 Å². The molecule has 3 nitrogen and oxygen atoms in total. The highest BCUT2D eigenvalue weighted by Crippen LogP contribution is 2.23. The molecule has 19 heavy (non-hydrogen) atoms. The van der Waals surface area contributed by atoms with E-state index in [1.165, 1.54) is 22.2 Å². The molecule has 104 valence electrons. The first-order chi connectivity index (χ1) is 9.15. The van der Waals surface area contributed by atoms with Crippen molar-refractivity contribution in [3.63, 3.8) is 0 Å². The van der Waals surface area contributed by atoms with Crippen molar-refractivity contribution in [3.05, 3.63) is 35.5 Å². The quantitative estimate of drug-likeness (QED) is 0.838. The second kappa shape index (κ2) is 6.22. The third kappa shape index (κ3) is 3.17. The molecule has 1 atom stereocenters. The van der Waals surface area contributed by atoms with Gasteiger partial charge in [0.1, 0.15) is 0 Å². The molecule has 2 aromatic rings. The summed E-state index contributed by atoms with van der Waals surface area (Å²) in [6.45, 7) is 6.39. The lowest BCUT2D eigenvalue weighted by Gasteiger charge is -2.22. The first kappa shape index (κ1) is 14.1. The Morgan fingerprint density at radius 2 is 2.05 bits per heavy atom. The number of nitrogens with zero attached hydrogens (tertiary/aromatic N) is 1. The lowest BCUT2D eigenvalue weighted by molar-refractivity contribution is 0.173. The molecular weight excluding hydrogens is 236 g/mol. The third-order valence-electron chi connectivity index (χ3n) is 3.86. The van der Waals surface area contributed by atoms with Gasteiger partial charge in [-0.25, -0.2) is 0 Å². The van der Waals surface area contributed by atoms with Crippen LogP contribution >= 0.6 is 0 Å². The zero-order valence-electron chi connectivity index (χ0n) is 12.1. The number of hydrogen-bond donors (Lipinski definition) is 2. The number of hydrogen-bond acceptors (Lipinski definition) is 2. The highest BCUT2D eigenvalue weighted by molar-refractivity contribution is 5.84. The molecule has 3 heteroatoms. The van der Waals surface area contributed by atoms with Gasteiger partial charge in [-0.05, 0) is 37.9 Å². The van der Waals surface area contributed by atoms with Crippen LogP contribution < -0.4 is 0 Å². The number of benzene rings is 1. The molecule has 0 aliphatic rings. The minimum Gasteiger partial charge on any atom is -0.396 e. The van der Waals surface area contributed by atoms with Gasteiger partial charge in [0.2, 0.25) is 0 Å². The number of para-hydroxylation sites is 1. The summed E-state index contributed by atoms with van der Waals surface area (Å²) in [5.41, 5.74) is 3.81. The highest BCUT2D eigenvalue weighted by Gasteiger charge is 2.13. The number of aliphatic hydroxyl groups is 1. The highest BCUT2D eigenvalue weighted by atomic mass is 16.3. The molecule has 2 N–H and O–H groups in total. The second-order valence-electron chi connectivity index (χ2n) is 5.43. The summed E-state index contributed by atoms with van der Waals surface area (Å²) in [5.74, 6) is 0.371. The van der Waals surface area contributed by atoms with Crippen LogP contribution in [0.1, 0.15) is 24.6 Å². The fourth-order valence-electron chi connectivity index (χ4n) is 2.63. The van der Waals surface area contributed by atoms with Crippen LogP contribution in [0.5, 0.6) is 0 Å². The van der Waals surface area contributed by atoms with Crippen LogP contribution in [-0.2, 0) is 6.54 Å². The predicted molar refractivity (Wildman–Crippen MR) is 80.2 cm³/mol. The number of rotatable bonds is 6. The Bertz CT molecular complexity index is 529. The van der Waals surface area contributed by atoms with E-state index in [0.717, 1.165) is 19.5 Å². The molecule has 0 spiro atoms. The van der Waals surface area contributed by atoms with E-state index in [1.807, 2.05) is 0 Å². The van der Waals surface area contributed by atoms with Crippen LogP contribution in [0.2, 0.25) is 0 Å². The van der Waals surface area contributed by atoms with Gasteiger partial charge < -0.3 is 15.0 Å². The first-order valence-electron chi connectivity index (χ1n) is 7.01. The number of aromatic amines is 1. The Morgan fingerprint density at radius 3 is 2.74 bits per heavy atom. The molecule has 0 aliphatic carbocycles. The van der Waals surface area contributed by atoms with Gasteiger partial charge in [-0.15, -0.1) is 0 Å². The summed E-state index contributed by atoms with van der Waals surface area (Å²) in [4.78, 5) is 5.74. The Balaban J connectivity index is 2.14. The lowest BCUT2D eigenvalue weighted by atomic mass is 10.1. The minimum atomic E-state index is 0.272. The van der Waals surface area contributed by atoms with Crippen molar-refractivity contribution < 1.29 is 5.11 Å². The van der Waals surface area contributed by atoms with E-state index >= 15 is 0 Å². The normalized spacial score (nSPS) is 13.3. The van der Waals surface area contributed by atoms with Crippen LogP contribution in [-0.4, -0.2) is 35.2 Å². The summed E-state index contributed by atoms with van der Waals surface area (Å²) in [5, 5.41) is 10.6. The number of nitrogens with one attached hydrogen (secondary N) is 1. The van der Waals surface area contributed by atoms with Crippen molar-refractivity contribution in [3.8, 4) is 0 Å². The molecule has 0 saturated heterocycles. The topological polar surface area (TPSA) is 39.3 Å². The predicted octanol–water partition coefficient (Wildman–Crippen LogP) is 2.93. The van der Waals surface area contributed by atoms with E-state index in [9.17, 15) is 5.11 Å². The van der Waals surface area contributed by atoms with Crippen LogP contribution in [0.15, 0.2) is 24.3 Å². The lowest BCUT2D eigenvalue weighted by Crippen LogP contribution is -2.27. The Labute approximate surface area is 115 Å². The molecule has 0 amide bonds. The summed E-state index contributed by atoms with van der Waals surface area (Å²) >= 11 is 0. The van der Waals surface area contributed by atoms with Gasteiger partial charge in [0.05, 0.1) is 0 Å². The van der Waals surface area contributed by atoms with Gasteiger partial charge in [0, 0.05) is 36.3 Å². The fourth-order valence-corrected chi connectivity index (χ4v) is 2.63. The Kier molecular flexibility index (Phi) is 4.61. The van der Waals surface area contributed by atoms with E-state index in [2.05, 4.69) is 55.0 Å². The number of aromatic nitrogens is 1. The summed E-state index contributed by atoms with van der Waals surface area (Å²) in [7, 11) is 2.12. The maximum absolute atomic E-state index is 9.29. The molecular formula is C16H24N2O. The smallest absolute Gasteiger partial charge is 0.0471 e. The molecule has 0 saturated carbocycles. The third-order valence-corrected chi connectivity index (χ3v) is 3.86. The monoisotopic (exact) mass is 260 g/mol. The van der Waals surface area contributed by atoms with Crippen LogP contribution in [0.25, 0.3) is 10.9 Å². The Morgan fingerprint density at radius 1 is 1.32 bits per heavy atom. The molecule has 0 aliphatic heterocycles.